The molecule has 0 unspecified atom stereocenters. The van der Waals surface area contributed by atoms with E-state index >= 15 is 0 Å². The lowest BCUT2D eigenvalue weighted by Crippen LogP contribution is -2.50. The monoisotopic (exact) mass is 1340 g/mol. The van der Waals surface area contributed by atoms with Crippen LogP contribution in [-0.4, -0.2) is 151 Å². The van der Waals surface area contributed by atoms with Crippen molar-refractivity contribution >= 4 is 17.2 Å². The molecule has 20 nitrogen and oxygen atoms in total. The number of piperidine rings is 1. The molecule has 12 aromatic rings. The second-order valence-electron chi connectivity index (χ2n) is 28.1. The maximum Gasteiger partial charge on any atom is 0.185 e. The van der Waals surface area contributed by atoms with Crippen molar-refractivity contribution in [3.8, 4) is 97.1 Å². The van der Waals surface area contributed by atoms with Crippen LogP contribution in [0.3, 0.4) is 0 Å². The molecule has 0 amide bonds. The first-order valence-corrected chi connectivity index (χ1v) is 35.1. The van der Waals surface area contributed by atoms with Gasteiger partial charge in [0.1, 0.15) is 36.4 Å². The first-order chi connectivity index (χ1) is 49.4. The van der Waals surface area contributed by atoms with E-state index in [0.29, 0.717) is 53.1 Å². The number of likely N-dealkylation sites (tertiary alicyclic amines) is 1. The normalized spacial score (nSPS) is 17.2. The van der Waals surface area contributed by atoms with Crippen molar-refractivity contribution in [3.63, 3.8) is 0 Å². The Morgan fingerprint density at radius 1 is 0.525 bits per heavy atom. The van der Waals surface area contributed by atoms with E-state index < -0.39 is 11.6 Å². The third kappa shape index (κ3) is 11.8. The van der Waals surface area contributed by atoms with Gasteiger partial charge in [0.2, 0.25) is 0 Å². The van der Waals surface area contributed by atoms with Crippen LogP contribution in [0.4, 0.5) is 26.0 Å². The Morgan fingerprint density at radius 2 is 1.05 bits per heavy atom. The van der Waals surface area contributed by atoms with Crippen molar-refractivity contribution in [3.05, 3.63) is 211 Å². The Balaban J connectivity index is 0.000000113. The molecule has 0 aliphatic carbocycles. The van der Waals surface area contributed by atoms with Crippen LogP contribution in [-0.2, 0) is 19.6 Å². The number of fused-ring (bicyclic) bond motifs is 15. The first-order valence-electron chi connectivity index (χ1n) is 35.1. The molecule has 4 saturated heterocycles. The number of anilines is 3. The SMILES string of the molecule is CCCC1CN(c2ccc3c(n2)Cn2cc(-c4ccc(C#N)cc4)cc2-c2nncn2-3)C1.C[C@@H]1CN(c2ccc3c(c2)Cn2cc(-c4ccc(F)cc4F)cc2-c2nncn2-3)C[C@H]1N(C)C.N#Cc1ccc(-c2cc3n(c2)Cc2cc(N4CCC(N5CCC5)CC4)ccc2-n2cnnc2-3)cc1. The highest BCUT2D eigenvalue weighted by atomic mass is 19.1. The van der Waals surface area contributed by atoms with Crippen molar-refractivity contribution in [2.24, 2.45) is 11.8 Å². The molecule has 506 valence electrons. The van der Waals surface area contributed by atoms with Gasteiger partial charge < -0.3 is 38.2 Å². The number of hydrogen-bond acceptors (Lipinski definition) is 14. The molecular formula is C79H76F2N20. The predicted molar refractivity (Wildman–Crippen MR) is 386 cm³/mol. The summed E-state index contributed by atoms with van der Waals surface area (Å²) in [5, 5.41) is 44.1. The fourth-order valence-corrected chi connectivity index (χ4v) is 16.1. The maximum atomic E-state index is 14.5. The maximum absolute atomic E-state index is 14.5. The minimum atomic E-state index is -0.587. The largest absolute Gasteiger partial charge is 0.371 e. The van der Waals surface area contributed by atoms with Gasteiger partial charge in [-0.2, -0.15) is 10.5 Å². The van der Waals surface area contributed by atoms with Crippen LogP contribution in [0.5, 0.6) is 0 Å². The fraction of sp³-hybridized carbons (Fsp3) is 0.304. The summed E-state index contributed by atoms with van der Waals surface area (Å²) in [5.41, 5.74) is 18.8. The minimum Gasteiger partial charge on any atom is -0.371 e. The van der Waals surface area contributed by atoms with Crippen molar-refractivity contribution in [2.75, 3.05) is 81.2 Å². The number of likely N-dealkylation sites (N-methyl/N-ethyl adjacent to an activating group) is 1. The van der Waals surface area contributed by atoms with Gasteiger partial charge in [-0.3, -0.25) is 13.7 Å². The van der Waals surface area contributed by atoms with Crippen LogP contribution in [0.1, 0.15) is 73.9 Å². The molecule has 7 aliphatic rings. The molecule has 0 spiro atoms. The molecule has 2 atom stereocenters. The third-order valence-corrected chi connectivity index (χ3v) is 21.6. The molecule has 7 aliphatic heterocycles. The van der Waals surface area contributed by atoms with E-state index in [2.05, 4.69) is 186 Å². The molecule has 5 aromatic carbocycles. The van der Waals surface area contributed by atoms with Crippen molar-refractivity contribution in [1.82, 2.24) is 72.8 Å². The Morgan fingerprint density at radius 3 is 1.56 bits per heavy atom. The second kappa shape index (κ2) is 26.1. The summed E-state index contributed by atoms with van der Waals surface area (Å²) in [6, 6.07) is 48.6. The topological polar surface area (TPSA) is 184 Å². The smallest absolute Gasteiger partial charge is 0.185 e. The number of nitrogens with zero attached hydrogens (tertiary/aromatic N) is 20. The van der Waals surface area contributed by atoms with Gasteiger partial charge in [0, 0.05) is 123 Å². The lowest BCUT2D eigenvalue weighted by atomic mass is 9.95. The Bertz CT molecular complexity index is 5170. The zero-order valence-electron chi connectivity index (χ0n) is 57.0. The molecule has 19 rings (SSSR count). The quantitative estimate of drug-likeness (QED) is 0.126. The number of aromatic nitrogens is 13. The van der Waals surface area contributed by atoms with Crippen LogP contribution < -0.4 is 14.7 Å². The molecule has 0 N–H and O–H groups in total. The van der Waals surface area contributed by atoms with E-state index in [4.69, 9.17) is 15.5 Å². The molecule has 7 aromatic heterocycles. The van der Waals surface area contributed by atoms with Crippen LogP contribution >= 0.6 is 0 Å². The molecule has 0 saturated carbocycles. The summed E-state index contributed by atoms with van der Waals surface area (Å²) in [5.74, 6) is 3.62. The first kappa shape index (κ1) is 63.1. The summed E-state index contributed by atoms with van der Waals surface area (Å²) < 4.78 is 40.6. The molecule has 0 bridgehead atoms. The predicted octanol–water partition coefficient (Wildman–Crippen LogP) is 13.0. The van der Waals surface area contributed by atoms with Crippen LogP contribution in [0.2, 0.25) is 0 Å². The third-order valence-electron chi connectivity index (χ3n) is 21.6. The second-order valence-corrected chi connectivity index (χ2v) is 28.1. The number of benzene rings is 5. The molecule has 0 radical (unpaired) electrons. The van der Waals surface area contributed by atoms with Gasteiger partial charge in [0.15, 0.2) is 17.5 Å². The van der Waals surface area contributed by atoms with Crippen LogP contribution in [0.15, 0.2) is 171 Å². The van der Waals surface area contributed by atoms with E-state index in [0.717, 1.165) is 149 Å². The average Bonchev–Trinajstić information content (AvgIpc) is 1.61. The summed E-state index contributed by atoms with van der Waals surface area (Å²) in [6.45, 7) is 15.6. The number of rotatable bonds is 10. The van der Waals surface area contributed by atoms with Crippen LogP contribution in [0, 0.1) is 46.1 Å². The summed E-state index contributed by atoms with van der Waals surface area (Å²) in [7, 11) is 4.29. The van der Waals surface area contributed by atoms with Gasteiger partial charge in [0.25, 0.3) is 0 Å². The number of pyridine rings is 1. The minimum absolute atomic E-state index is 0.364. The fourth-order valence-electron chi connectivity index (χ4n) is 16.1. The van der Waals surface area contributed by atoms with Crippen molar-refractivity contribution in [2.45, 2.75) is 77.7 Å². The molecular weight excluding hydrogens is 1270 g/mol. The zero-order chi connectivity index (χ0) is 68.6. The van der Waals surface area contributed by atoms with E-state index in [9.17, 15) is 8.78 Å². The zero-order valence-corrected chi connectivity index (χ0v) is 57.0. The van der Waals surface area contributed by atoms with E-state index in [-0.39, 0.29) is 0 Å². The van der Waals surface area contributed by atoms with Gasteiger partial charge in [-0.05, 0) is 190 Å². The van der Waals surface area contributed by atoms with E-state index in [1.54, 1.807) is 12.7 Å². The number of nitriles is 2. The van der Waals surface area contributed by atoms with Gasteiger partial charge in [0.05, 0.1) is 69.6 Å². The Hall–Kier alpha value is -11.3. The summed E-state index contributed by atoms with van der Waals surface area (Å²) in [4.78, 5) is 17.4. The van der Waals surface area contributed by atoms with Gasteiger partial charge >= 0.3 is 0 Å². The van der Waals surface area contributed by atoms with E-state index in [1.807, 2.05) is 76.3 Å². The lowest BCUT2D eigenvalue weighted by Gasteiger charge is -2.43. The van der Waals surface area contributed by atoms with Gasteiger partial charge in [-0.15, -0.1) is 30.6 Å². The summed E-state index contributed by atoms with van der Waals surface area (Å²) in [6.07, 6.45) is 17.9. The standard InChI is InChI=1S/C28H27N7.C26H26F2N6.C25H23N7/c29-16-20-2-4-21(5-3-20)22-15-27-28-31-30-19-35(28)26-7-6-25(14-23(26)18-34(27)17-22)33-12-8-24(9-13-33)32-10-1-11-32;1-16-11-32(14-25(16)31(2)3)20-5-7-23-18(8-20)13-33-12-17(21-6-4-19(27)10-22(21)28)9-24(33)26-30-29-15-34(23)26;1-2-3-18-12-31(13-18)24-9-8-22-21(28-24)15-30-14-20(19-6-4-17(11-26)5-7-19)10-23(30)25-29-27-16-32(22)25/h2-7,14-15,17,19,24H,1,8-13,18H2;4-10,12,15-16,25H,11,13-14H2,1-3H3;4-10,14,16,18H,2-3,12-13,15H2,1H3/t;16-,25-;/m.1./s1. The Labute approximate surface area is 584 Å². The summed E-state index contributed by atoms with van der Waals surface area (Å²) >= 11 is 0. The highest BCUT2D eigenvalue weighted by Gasteiger charge is 2.34. The van der Waals surface area contributed by atoms with Gasteiger partial charge in [-0.1, -0.05) is 44.5 Å². The van der Waals surface area contributed by atoms with Crippen molar-refractivity contribution < 1.29 is 8.78 Å². The average molecular weight is 1340 g/mol. The number of hydrogen-bond donors (Lipinski definition) is 0. The molecule has 22 heteroatoms. The molecule has 14 heterocycles. The molecule has 4 fully saturated rings. The highest BCUT2D eigenvalue weighted by Crippen LogP contribution is 2.41. The van der Waals surface area contributed by atoms with Crippen molar-refractivity contribution in [1.29, 1.82) is 10.5 Å². The van der Waals surface area contributed by atoms with Crippen LogP contribution in [0.25, 0.3) is 85.0 Å². The Kier molecular flexibility index (Phi) is 16.3. The lowest BCUT2D eigenvalue weighted by molar-refractivity contribution is 0.100. The highest BCUT2D eigenvalue weighted by molar-refractivity contribution is 5.76. The molecule has 101 heavy (non-hydrogen) atoms. The number of halogens is 2. The van der Waals surface area contributed by atoms with E-state index in [1.165, 1.54) is 74.3 Å². The van der Waals surface area contributed by atoms with Gasteiger partial charge in [-0.25, -0.2) is 13.8 Å².